The molecule has 118 valence electrons. The molecule has 22 heavy (non-hydrogen) atoms. The van der Waals surface area contributed by atoms with Gasteiger partial charge in [-0.15, -0.1) is 0 Å². The molecule has 1 atom stereocenters. The van der Waals surface area contributed by atoms with E-state index in [0.717, 1.165) is 11.3 Å². The van der Waals surface area contributed by atoms with Gasteiger partial charge in [-0.1, -0.05) is 12.1 Å². The number of hydrogen-bond acceptors (Lipinski definition) is 4. The summed E-state index contributed by atoms with van der Waals surface area (Å²) >= 11 is 5.20. The number of methoxy groups -OCH3 is 1. The van der Waals surface area contributed by atoms with E-state index < -0.39 is 0 Å². The van der Waals surface area contributed by atoms with Gasteiger partial charge in [0.05, 0.1) is 24.8 Å². The molecule has 2 N–H and O–H groups in total. The van der Waals surface area contributed by atoms with Gasteiger partial charge in [-0.25, -0.2) is 4.79 Å². The van der Waals surface area contributed by atoms with Crippen molar-refractivity contribution in [2.24, 2.45) is 0 Å². The van der Waals surface area contributed by atoms with Crippen molar-refractivity contribution in [3.63, 3.8) is 0 Å². The molecular formula is C16H20N2O3S. The average molecular weight is 320 g/mol. The van der Waals surface area contributed by atoms with E-state index >= 15 is 0 Å². The van der Waals surface area contributed by atoms with E-state index in [1.807, 2.05) is 45.0 Å². The molecule has 0 bridgehead atoms. The van der Waals surface area contributed by atoms with E-state index in [-0.39, 0.29) is 18.1 Å². The number of benzene rings is 1. The van der Waals surface area contributed by atoms with Crippen LogP contribution in [0.3, 0.4) is 0 Å². The van der Waals surface area contributed by atoms with Crippen molar-refractivity contribution in [2.45, 2.75) is 32.9 Å². The maximum absolute atomic E-state index is 12.4. The molecule has 0 amide bonds. The summed E-state index contributed by atoms with van der Waals surface area (Å²) in [5, 5.41) is 6.59. The van der Waals surface area contributed by atoms with Gasteiger partial charge in [-0.05, 0) is 50.7 Å². The lowest BCUT2D eigenvalue weighted by atomic mass is 9.95. The molecule has 5 nitrogen and oxygen atoms in total. The number of nitrogens with one attached hydrogen (secondary N) is 2. The highest BCUT2D eigenvalue weighted by atomic mass is 32.1. The van der Waals surface area contributed by atoms with Crippen LogP contribution in [-0.4, -0.2) is 24.3 Å². The molecule has 0 aliphatic carbocycles. The van der Waals surface area contributed by atoms with E-state index in [0.29, 0.717) is 16.4 Å². The van der Waals surface area contributed by atoms with Crippen molar-refractivity contribution in [2.75, 3.05) is 7.11 Å². The van der Waals surface area contributed by atoms with Crippen molar-refractivity contribution in [1.82, 2.24) is 10.6 Å². The Morgan fingerprint density at radius 2 is 1.91 bits per heavy atom. The first-order valence-corrected chi connectivity index (χ1v) is 7.46. The monoisotopic (exact) mass is 320 g/mol. The predicted octanol–water partition coefficient (Wildman–Crippen LogP) is 2.44. The van der Waals surface area contributed by atoms with Gasteiger partial charge in [0.2, 0.25) is 0 Å². The topological polar surface area (TPSA) is 59.6 Å². The molecule has 0 saturated heterocycles. The van der Waals surface area contributed by atoms with Crippen LogP contribution >= 0.6 is 12.2 Å². The Morgan fingerprint density at radius 1 is 1.27 bits per heavy atom. The fourth-order valence-electron chi connectivity index (χ4n) is 2.29. The highest BCUT2D eigenvalue weighted by Gasteiger charge is 2.31. The molecule has 1 aliphatic rings. The third kappa shape index (κ3) is 3.57. The molecule has 1 aromatic rings. The first-order chi connectivity index (χ1) is 10.4. The van der Waals surface area contributed by atoms with E-state index in [1.54, 1.807) is 7.11 Å². The van der Waals surface area contributed by atoms with Crippen LogP contribution in [0.25, 0.3) is 0 Å². The third-order valence-electron chi connectivity index (χ3n) is 3.28. The second-order valence-corrected chi connectivity index (χ2v) is 5.71. The minimum Gasteiger partial charge on any atom is -0.497 e. The molecule has 1 heterocycles. The molecule has 0 radical (unpaired) electrons. The standard InChI is InChI=1S/C16H20N2O3S/c1-9(2)21-15(19)13-10(3)17-16(22)18-14(13)11-5-7-12(20-4)8-6-11/h5-9,14H,1-4H3,(H2,17,18,22)/t14-/m0/s1. The summed E-state index contributed by atoms with van der Waals surface area (Å²) < 4.78 is 10.5. The molecule has 0 unspecified atom stereocenters. The Kier molecular flexibility index (Phi) is 5.03. The number of hydrogen-bond donors (Lipinski definition) is 2. The smallest absolute Gasteiger partial charge is 0.338 e. The molecular weight excluding hydrogens is 300 g/mol. The quantitative estimate of drug-likeness (QED) is 0.656. The number of rotatable bonds is 4. The third-order valence-corrected chi connectivity index (χ3v) is 3.50. The van der Waals surface area contributed by atoms with Gasteiger partial charge >= 0.3 is 5.97 Å². The molecule has 0 spiro atoms. The zero-order chi connectivity index (χ0) is 16.3. The molecule has 0 saturated carbocycles. The predicted molar refractivity (Wildman–Crippen MR) is 88.5 cm³/mol. The SMILES string of the molecule is COc1ccc([C@@H]2NC(=S)NC(C)=C2C(=O)OC(C)C)cc1. The van der Waals surface area contributed by atoms with E-state index in [2.05, 4.69) is 10.6 Å². The Bertz CT molecular complexity index is 608. The van der Waals surface area contributed by atoms with E-state index in [4.69, 9.17) is 21.7 Å². The second-order valence-electron chi connectivity index (χ2n) is 5.30. The Hall–Kier alpha value is -2.08. The van der Waals surface area contributed by atoms with Crippen LogP contribution in [0, 0.1) is 0 Å². The van der Waals surface area contributed by atoms with Crippen LogP contribution in [0.5, 0.6) is 5.75 Å². The van der Waals surface area contributed by atoms with Crippen LogP contribution < -0.4 is 15.4 Å². The highest BCUT2D eigenvalue weighted by molar-refractivity contribution is 7.80. The lowest BCUT2D eigenvalue weighted by Crippen LogP contribution is -2.45. The van der Waals surface area contributed by atoms with Gasteiger partial charge in [0.15, 0.2) is 5.11 Å². The van der Waals surface area contributed by atoms with Crippen molar-refractivity contribution < 1.29 is 14.3 Å². The van der Waals surface area contributed by atoms with Crippen LogP contribution in [0.4, 0.5) is 0 Å². The van der Waals surface area contributed by atoms with Gasteiger partial charge in [0.25, 0.3) is 0 Å². The second kappa shape index (κ2) is 6.79. The Morgan fingerprint density at radius 3 is 2.45 bits per heavy atom. The largest absolute Gasteiger partial charge is 0.497 e. The minimum atomic E-state index is -0.351. The summed E-state index contributed by atoms with van der Waals surface area (Å²) in [7, 11) is 1.61. The van der Waals surface area contributed by atoms with Crippen molar-refractivity contribution in [3.05, 3.63) is 41.1 Å². The fourth-order valence-corrected chi connectivity index (χ4v) is 2.56. The van der Waals surface area contributed by atoms with Gasteiger partial charge in [-0.3, -0.25) is 0 Å². The van der Waals surface area contributed by atoms with Crippen LogP contribution in [0.1, 0.15) is 32.4 Å². The minimum absolute atomic E-state index is 0.182. The zero-order valence-corrected chi connectivity index (χ0v) is 13.9. The van der Waals surface area contributed by atoms with Gasteiger partial charge in [0.1, 0.15) is 5.75 Å². The zero-order valence-electron chi connectivity index (χ0n) is 13.1. The van der Waals surface area contributed by atoms with Crippen LogP contribution in [0.15, 0.2) is 35.5 Å². The van der Waals surface area contributed by atoms with Crippen LogP contribution in [0.2, 0.25) is 0 Å². The summed E-state index contributed by atoms with van der Waals surface area (Å²) in [6.07, 6.45) is -0.182. The van der Waals surface area contributed by atoms with Crippen molar-refractivity contribution in [3.8, 4) is 5.75 Å². The lowest BCUT2D eigenvalue weighted by molar-refractivity contribution is -0.143. The maximum Gasteiger partial charge on any atom is 0.338 e. The number of carbonyl (C=O) groups is 1. The van der Waals surface area contributed by atoms with Gasteiger partial charge in [-0.2, -0.15) is 0 Å². The number of allylic oxidation sites excluding steroid dienone is 1. The molecule has 0 aromatic heterocycles. The van der Waals surface area contributed by atoms with E-state index in [9.17, 15) is 4.79 Å². The number of esters is 1. The summed E-state index contributed by atoms with van der Waals surface area (Å²) in [5.74, 6) is 0.406. The molecule has 0 fully saturated rings. The normalized spacial score (nSPS) is 17.9. The summed E-state index contributed by atoms with van der Waals surface area (Å²) in [5.41, 5.74) is 2.15. The number of ether oxygens (including phenoxy) is 2. The maximum atomic E-state index is 12.4. The van der Waals surface area contributed by atoms with Gasteiger partial charge < -0.3 is 20.1 Å². The highest BCUT2D eigenvalue weighted by Crippen LogP contribution is 2.29. The van der Waals surface area contributed by atoms with E-state index in [1.165, 1.54) is 0 Å². The lowest BCUT2D eigenvalue weighted by Gasteiger charge is -2.30. The summed E-state index contributed by atoms with van der Waals surface area (Å²) in [4.78, 5) is 12.4. The first-order valence-electron chi connectivity index (χ1n) is 7.05. The first kappa shape index (κ1) is 16.3. The fraction of sp³-hybridized carbons (Fsp3) is 0.375. The average Bonchev–Trinajstić information content (AvgIpc) is 2.45. The molecule has 2 rings (SSSR count). The summed E-state index contributed by atoms with van der Waals surface area (Å²) in [6, 6.07) is 7.16. The van der Waals surface area contributed by atoms with Crippen molar-refractivity contribution in [1.29, 1.82) is 0 Å². The Balaban J connectivity index is 2.38. The Labute approximate surface area is 135 Å². The number of carbonyl (C=O) groups excluding carboxylic acids is 1. The summed E-state index contributed by atoms with van der Waals surface area (Å²) in [6.45, 7) is 5.47. The molecule has 1 aliphatic heterocycles. The molecule has 6 heteroatoms. The van der Waals surface area contributed by atoms with Crippen molar-refractivity contribution >= 4 is 23.3 Å². The molecule has 1 aromatic carbocycles. The van der Waals surface area contributed by atoms with Crippen LogP contribution in [-0.2, 0) is 9.53 Å². The van der Waals surface area contributed by atoms with Gasteiger partial charge in [0, 0.05) is 5.70 Å². The number of thiocarbonyl (C=S) groups is 1.